The van der Waals surface area contributed by atoms with Gasteiger partial charge in [-0.1, -0.05) is 0 Å². The number of carbonyl (C=O) groups is 2. The summed E-state index contributed by atoms with van der Waals surface area (Å²) in [5.74, 6) is -0.978. The molecule has 0 unspecified atom stereocenters. The van der Waals surface area contributed by atoms with Crippen LogP contribution in [0.4, 0.5) is 0 Å². The Morgan fingerprint density at radius 3 is 1.85 bits per heavy atom. The molecule has 0 aliphatic heterocycles. The summed E-state index contributed by atoms with van der Waals surface area (Å²) in [4.78, 5) is 22.0. The van der Waals surface area contributed by atoms with Crippen LogP contribution in [0.25, 0.3) is 0 Å². The first kappa shape index (κ1) is 18.5. The molecule has 0 fully saturated rings. The van der Waals surface area contributed by atoms with Crippen LogP contribution >= 0.6 is 0 Å². The van der Waals surface area contributed by atoms with Gasteiger partial charge < -0.3 is 24.1 Å². The van der Waals surface area contributed by atoms with E-state index in [0.717, 1.165) is 6.08 Å². The Morgan fingerprint density at radius 1 is 1.00 bits per heavy atom. The topological polar surface area (TPSA) is 84.9 Å². The van der Waals surface area contributed by atoms with Gasteiger partial charge in [-0.3, -0.25) is 4.79 Å². The van der Waals surface area contributed by atoms with E-state index >= 15 is 0 Å². The predicted molar refractivity (Wildman–Crippen MR) is 64.6 cm³/mol. The summed E-state index contributed by atoms with van der Waals surface area (Å²) in [6.07, 6.45) is 1.56. The summed E-state index contributed by atoms with van der Waals surface area (Å²) in [6.45, 7) is 0. The zero-order chi connectivity index (χ0) is 14.4. The Morgan fingerprint density at radius 2 is 1.50 bits per heavy atom. The molecule has 0 bridgehead atoms. The monoisotopic (exact) mass is 288 g/mol. The van der Waals surface area contributed by atoms with Crippen LogP contribution in [0.5, 0.6) is 17.2 Å². The molecular weight excluding hydrogens is 275 g/mol. The zero-order valence-electron chi connectivity index (χ0n) is 11.8. The van der Waals surface area contributed by atoms with Gasteiger partial charge in [0.1, 0.15) is 0 Å². The fourth-order valence-electron chi connectivity index (χ4n) is 1.46. The molecule has 7 heteroatoms. The van der Waals surface area contributed by atoms with Gasteiger partial charge in [-0.2, -0.15) is 0 Å². The number of carbonyl (C=O) groups excluding carboxylic acids is 2. The molecule has 20 heavy (non-hydrogen) atoms. The maximum Gasteiger partial charge on any atom is 1.00 e. The van der Waals surface area contributed by atoms with Crippen molar-refractivity contribution < 1.29 is 58.5 Å². The summed E-state index contributed by atoms with van der Waals surface area (Å²) in [5, 5.41) is 10.3. The molecule has 0 aromatic heterocycles. The number of ether oxygens (including phenoxy) is 3. The summed E-state index contributed by atoms with van der Waals surface area (Å²) in [5.41, 5.74) is 0.215. The minimum atomic E-state index is -1.44. The van der Waals surface area contributed by atoms with Gasteiger partial charge in [-0.25, -0.2) is 0 Å². The molecule has 1 aromatic carbocycles. The standard InChI is InChI=1S/C13H14O6.Na/c1-17-10-6-8(9(14)4-5-12(15)16)7-11(18-2)13(10)19-3;/h4-7H,1-3H3,(H,15,16);/q;+1/p-1/b5-4+;. The zero-order valence-corrected chi connectivity index (χ0v) is 13.8. The molecule has 0 aliphatic rings. The minimum Gasteiger partial charge on any atom is -0.545 e. The third-order valence-corrected chi connectivity index (χ3v) is 2.32. The quantitative estimate of drug-likeness (QED) is 0.319. The molecule has 0 spiro atoms. The molecule has 0 N–H and O–H groups in total. The molecule has 0 aliphatic carbocycles. The van der Waals surface area contributed by atoms with Gasteiger partial charge in [-0.05, 0) is 24.3 Å². The van der Waals surface area contributed by atoms with Crippen LogP contribution < -0.4 is 48.9 Å². The first-order chi connectivity index (χ1) is 9.03. The molecule has 102 valence electrons. The van der Waals surface area contributed by atoms with Crippen molar-refractivity contribution in [2.45, 2.75) is 0 Å². The van der Waals surface area contributed by atoms with Crippen molar-refractivity contribution in [1.82, 2.24) is 0 Å². The third kappa shape index (κ3) is 4.56. The van der Waals surface area contributed by atoms with E-state index in [1.165, 1.54) is 33.5 Å². The van der Waals surface area contributed by atoms with E-state index in [9.17, 15) is 14.7 Å². The first-order valence-electron chi connectivity index (χ1n) is 5.26. The van der Waals surface area contributed by atoms with Crippen LogP contribution in [0.3, 0.4) is 0 Å². The van der Waals surface area contributed by atoms with Crippen LogP contribution in [-0.2, 0) is 4.79 Å². The molecule has 0 amide bonds. The number of benzene rings is 1. The number of ketones is 1. The van der Waals surface area contributed by atoms with Crippen molar-refractivity contribution in [3.8, 4) is 17.2 Å². The van der Waals surface area contributed by atoms with Crippen molar-refractivity contribution in [3.05, 3.63) is 29.8 Å². The number of carboxylic acid groups (broad SMARTS) is 1. The van der Waals surface area contributed by atoms with Gasteiger partial charge in [0.25, 0.3) is 0 Å². The fourth-order valence-corrected chi connectivity index (χ4v) is 1.46. The summed E-state index contributed by atoms with van der Waals surface area (Å²) < 4.78 is 15.3. The number of aliphatic carboxylic acids is 1. The van der Waals surface area contributed by atoms with E-state index in [-0.39, 0.29) is 35.1 Å². The number of allylic oxidation sites excluding steroid dienone is 1. The number of rotatable bonds is 6. The molecule has 0 heterocycles. The van der Waals surface area contributed by atoms with Crippen molar-refractivity contribution in [3.63, 3.8) is 0 Å². The van der Waals surface area contributed by atoms with Crippen LogP contribution in [0.1, 0.15) is 10.4 Å². The van der Waals surface area contributed by atoms with Crippen LogP contribution in [0.2, 0.25) is 0 Å². The second-order valence-corrected chi connectivity index (χ2v) is 3.43. The van der Waals surface area contributed by atoms with Crippen molar-refractivity contribution >= 4 is 11.8 Å². The van der Waals surface area contributed by atoms with Crippen LogP contribution in [0, 0.1) is 0 Å². The minimum absolute atomic E-state index is 0. The molecule has 6 nitrogen and oxygen atoms in total. The smallest absolute Gasteiger partial charge is 0.545 e. The number of hydrogen-bond acceptors (Lipinski definition) is 6. The average molecular weight is 288 g/mol. The molecule has 0 radical (unpaired) electrons. The van der Waals surface area contributed by atoms with Gasteiger partial charge in [-0.15, -0.1) is 0 Å². The van der Waals surface area contributed by atoms with Crippen molar-refractivity contribution in [2.75, 3.05) is 21.3 Å². The number of hydrogen-bond donors (Lipinski definition) is 0. The molecule has 1 aromatic rings. The van der Waals surface area contributed by atoms with E-state index in [2.05, 4.69) is 0 Å². The van der Waals surface area contributed by atoms with Gasteiger partial charge >= 0.3 is 29.6 Å². The summed E-state index contributed by atoms with van der Waals surface area (Å²) in [7, 11) is 4.28. The van der Waals surface area contributed by atoms with Gasteiger partial charge in [0.2, 0.25) is 5.75 Å². The first-order valence-corrected chi connectivity index (χ1v) is 5.26. The molecule has 0 atom stereocenters. The van der Waals surface area contributed by atoms with Crippen LogP contribution in [0.15, 0.2) is 24.3 Å². The molecular formula is C13H13NaO6. The van der Waals surface area contributed by atoms with Crippen molar-refractivity contribution in [2.24, 2.45) is 0 Å². The van der Waals surface area contributed by atoms with Crippen molar-refractivity contribution in [1.29, 1.82) is 0 Å². The van der Waals surface area contributed by atoms with E-state index < -0.39 is 11.8 Å². The molecule has 1 rings (SSSR count). The number of methoxy groups -OCH3 is 3. The Kier molecular flexibility index (Phi) is 7.98. The maximum absolute atomic E-state index is 11.8. The SMILES string of the molecule is COc1cc(C(=O)/C=C/C(=O)[O-])cc(OC)c1OC.[Na+]. The maximum atomic E-state index is 11.8. The Balaban J connectivity index is 0.00000361. The predicted octanol–water partition coefficient (Wildman–Crippen LogP) is -2.79. The Hall–Kier alpha value is -1.50. The van der Waals surface area contributed by atoms with E-state index in [1.807, 2.05) is 0 Å². The summed E-state index contributed by atoms with van der Waals surface area (Å²) in [6, 6.07) is 2.87. The molecule has 0 saturated heterocycles. The normalized spacial score (nSPS) is 9.75. The van der Waals surface area contributed by atoms with E-state index in [0.29, 0.717) is 23.3 Å². The average Bonchev–Trinajstić information content (AvgIpc) is 2.42. The molecule has 0 saturated carbocycles. The van der Waals surface area contributed by atoms with Gasteiger partial charge in [0, 0.05) is 5.56 Å². The summed E-state index contributed by atoms with van der Waals surface area (Å²) >= 11 is 0. The fraction of sp³-hybridized carbons (Fsp3) is 0.231. The largest absolute Gasteiger partial charge is 1.00 e. The number of carboxylic acids is 1. The van der Waals surface area contributed by atoms with E-state index in [1.54, 1.807) is 0 Å². The van der Waals surface area contributed by atoms with E-state index in [4.69, 9.17) is 14.2 Å². The van der Waals surface area contributed by atoms with Crippen LogP contribution in [-0.4, -0.2) is 33.1 Å². The second-order valence-electron chi connectivity index (χ2n) is 3.43. The third-order valence-electron chi connectivity index (χ3n) is 2.32. The second kappa shape index (κ2) is 8.63. The van der Waals surface area contributed by atoms with Gasteiger partial charge in [0.15, 0.2) is 17.3 Å². The Bertz CT molecular complexity index is 499. The Labute approximate surface area is 138 Å². The van der Waals surface area contributed by atoms with Gasteiger partial charge in [0.05, 0.1) is 27.3 Å².